The predicted molar refractivity (Wildman–Crippen MR) is 348 cm³/mol. The third kappa shape index (κ3) is 65.1. The summed E-state index contributed by atoms with van der Waals surface area (Å²) >= 11 is 0. The molecular formula is C74H128O6. The first-order valence-electron chi connectivity index (χ1n) is 34.2. The van der Waals surface area contributed by atoms with E-state index in [1.54, 1.807) is 0 Å². The smallest absolute Gasteiger partial charge is 0.306 e. The fourth-order valence-corrected chi connectivity index (χ4v) is 9.71. The van der Waals surface area contributed by atoms with Crippen molar-refractivity contribution in [2.45, 2.75) is 341 Å². The van der Waals surface area contributed by atoms with Gasteiger partial charge in [-0.2, -0.15) is 0 Å². The van der Waals surface area contributed by atoms with Gasteiger partial charge in [0, 0.05) is 19.3 Å². The molecule has 1 atom stereocenters. The Labute approximate surface area is 496 Å². The number of carbonyl (C=O) groups is 3. The summed E-state index contributed by atoms with van der Waals surface area (Å²) in [5.74, 6) is -0.922. The molecule has 460 valence electrons. The Morgan fingerprint density at radius 2 is 0.487 bits per heavy atom. The van der Waals surface area contributed by atoms with Crippen LogP contribution in [0, 0.1) is 0 Å². The predicted octanol–water partition coefficient (Wildman–Crippen LogP) is 23.6. The monoisotopic (exact) mass is 1110 g/mol. The van der Waals surface area contributed by atoms with Gasteiger partial charge in [0.1, 0.15) is 13.2 Å². The summed E-state index contributed by atoms with van der Waals surface area (Å²) in [7, 11) is 0. The summed E-state index contributed by atoms with van der Waals surface area (Å²) in [6.07, 6.45) is 91.9. The quantitative estimate of drug-likeness (QED) is 0.0261. The number of unbranched alkanes of at least 4 members (excludes halogenated alkanes) is 35. The van der Waals surface area contributed by atoms with E-state index in [9.17, 15) is 14.4 Å². The molecule has 80 heavy (non-hydrogen) atoms. The molecule has 0 saturated heterocycles. The van der Waals surface area contributed by atoms with Crippen LogP contribution < -0.4 is 0 Å². The molecule has 0 aliphatic heterocycles. The Hall–Kier alpha value is -3.67. The fourth-order valence-electron chi connectivity index (χ4n) is 9.71. The molecule has 0 aliphatic rings. The fraction of sp³-hybridized carbons (Fsp3) is 0.743. The summed E-state index contributed by atoms with van der Waals surface area (Å²) in [4.78, 5) is 38.1. The van der Waals surface area contributed by atoms with Gasteiger partial charge in [-0.05, 0) is 103 Å². The van der Waals surface area contributed by atoms with Crippen molar-refractivity contribution in [3.05, 3.63) is 97.2 Å². The first-order valence-corrected chi connectivity index (χ1v) is 34.2. The second-order valence-electron chi connectivity index (χ2n) is 22.7. The van der Waals surface area contributed by atoms with Gasteiger partial charge < -0.3 is 14.2 Å². The van der Waals surface area contributed by atoms with E-state index in [2.05, 4.69) is 118 Å². The summed E-state index contributed by atoms with van der Waals surface area (Å²) in [6.45, 7) is 6.47. The molecule has 0 N–H and O–H groups in total. The second kappa shape index (κ2) is 67.8. The van der Waals surface area contributed by atoms with E-state index in [0.29, 0.717) is 12.8 Å². The summed E-state index contributed by atoms with van der Waals surface area (Å²) < 4.78 is 16.8. The van der Waals surface area contributed by atoms with Crippen LogP contribution in [0.1, 0.15) is 335 Å². The highest BCUT2D eigenvalue weighted by molar-refractivity contribution is 5.71. The van der Waals surface area contributed by atoms with Crippen LogP contribution in [-0.4, -0.2) is 37.2 Å². The molecular weight excluding hydrogens is 985 g/mol. The minimum absolute atomic E-state index is 0.0888. The lowest BCUT2D eigenvalue weighted by atomic mass is 10.0. The Morgan fingerprint density at radius 3 is 0.787 bits per heavy atom. The molecule has 0 aliphatic carbocycles. The zero-order chi connectivity index (χ0) is 57.8. The van der Waals surface area contributed by atoms with E-state index in [-0.39, 0.29) is 37.5 Å². The third-order valence-electron chi connectivity index (χ3n) is 14.8. The summed E-state index contributed by atoms with van der Waals surface area (Å²) in [5.41, 5.74) is 0. The molecule has 0 saturated carbocycles. The molecule has 0 fully saturated rings. The van der Waals surface area contributed by atoms with Gasteiger partial charge in [0.15, 0.2) is 6.10 Å². The second-order valence-corrected chi connectivity index (χ2v) is 22.7. The van der Waals surface area contributed by atoms with Crippen LogP contribution in [-0.2, 0) is 28.6 Å². The summed E-state index contributed by atoms with van der Waals surface area (Å²) in [6, 6.07) is 0. The maximum atomic E-state index is 12.8. The highest BCUT2D eigenvalue weighted by Crippen LogP contribution is 2.17. The van der Waals surface area contributed by atoms with Crippen molar-refractivity contribution in [3.8, 4) is 0 Å². The summed E-state index contributed by atoms with van der Waals surface area (Å²) in [5, 5.41) is 0. The number of esters is 3. The zero-order valence-corrected chi connectivity index (χ0v) is 52.8. The molecule has 0 bridgehead atoms. The van der Waals surface area contributed by atoms with E-state index in [1.807, 2.05) is 0 Å². The molecule has 0 aromatic rings. The van der Waals surface area contributed by atoms with Crippen LogP contribution in [0.4, 0.5) is 0 Å². The largest absolute Gasteiger partial charge is 0.462 e. The maximum absolute atomic E-state index is 12.8. The maximum Gasteiger partial charge on any atom is 0.306 e. The minimum Gasteiger partial charge on any atom is -0.462 e. The number of ether oxygens (including phenoxy) is 3. The van der Waals surface area contributed by atoms with Gasteiger partial charge in [0.05, 0.1) is 0 Å². The van der Waals surface area contributed by atoms with E-state index in [1.165, 1.54) is 186 Å². The van der Waals surface area contributed by atoms with Crippen LogP contribution in [0.15, 0.2) is 97.2 Å². The SMILES string of the molecule is CC/C=C\C/C=C\C/C=C\C/C=C\C/C=C\C/C=C\C/C=C\CCCCCC(=O)OC(COC(=O)CCCCCCCC)COC(=O)CCCCCCCCCCCCCCCCCCCCC/C=C\CCCCCCCCCC. The molecule has 0 radical (unpaired) electrons. The van der Waals surface area contributed by atoms with Gasteiger partial charge in [-0.3, -0.25) is 14.4 Å². The van der Waals surface area contributed by atoms with Crippen LogP contribution in [0.25, 0.3) is 0 Å². The lowest BCUT2D eigenvalue weighted by Crippen LogP contribution is -2.30. The van der Waals surface area contributed by atoms with Crippen LogP contribution >= 0.6 is 0 Å². The Kier molecular flexibility index (Phi) is 64.7. The number of carbonyl (C=O) groups excluding carboxylic acids is 3. The Morgan fingerprint density at radius 1 is 0.263 bits per heavy atom. The van der Waals surface area contributed by atoms with E-state index < -0.39 is 6.10 Å². The van der Waals surface area contributed by atoms with E-state index >= 15 is 0 Å². The van der Waals surface area contributed by atoms with Gasteiger partial charge in [0.25, 0.3) is 0 Å². The molecule has 0 rings (SSSR count). The lowest BCUT2D eigenvalue weighted by Gasteiger charge is -2.18. The molecule has 6 nitrogen and oxygen atoms in total. The first kappa shape index (κ1) is 76.3. The standard InChI is InChI=1S/C74H128O6/c1-4-7-10-13-16-18-20-22-24-26-28-30-32-34-35-36-37-38-39-41-42-44-46-48-50-52-54-56-58-61-64-67-73(76)79-70-71(69-78-72(75)66-63-60-15-12-9-6-3)80-74(77)68-65-62-59-57-55-53-51-49-47-45-43-40-33-31-29-27-25-23-21-19-17-14-11-8-5-2/h8,11,17,19,23,25-26,28-29,31,40,43,47,49,53,55,71H,4-7,9-10,12-16,18,20-22,24,27,30,32-39,41-42,44-46,48,50-52,54,56-70H2,1-3H3/b11-8-,19-17-,25-23-,28-26-,31-29-,43-40-,49-47-,55-53-. The first-order chi connectivity index (χ1) is 39.5. The van der Waals surface area contributed by atoms with Crippen molar-refractivity contribution in [3.63, 3.8) is 0 Å². The van der Waals surface area contributed by atoms with Crippen molar-refractivity contribution < 1.29 is 28.6 Å². The van der Waals surface area contributed by atoms with Crippen molar-refractivity contribution in [1.29, 1.82) is 0 Å². The van der Waals surface area contributed by atoms with Crippen molar-refractivity contribution in [2.75, 3.05) is 13.2 Å². The van der Waals surface area contributed by atoms with Crippen LogP contribution in [0.3, 0.4) is 0 Å². The average molecular weight is 1110 g/mol. The number of hydrogen-bond acceptors (Lipinski definition) is 6. The molecule has 0 heterocycles. The Balaban J connectivity index is 4.08. The van der Waals surface area contributed by atoms with E-state index in [4.69, 9.17) is 14.2 Å². The van der Waals surface area contributed by atoms with Gasteiger partial charge in [-0.25, -0.2) is 0 Å². The van der Waals surface area contributed by atoms with Crippen molar-refractivity contribution >= 4 is 17.9 Å². The normalized spacial score (nSPS) is 12.7. The molecule has 0 aromatic carbocycles. The van der Waals surface area contributed by atoms with Gasteiger partial charge in [-0.1, -0.05) is 311 Å². The van der Waals surface area contributed by atoms with Gasteiger partial charge in [-0.15, -0.1) is 0 Å². The Bertz CT molecular complexity index is 1560. The van der Waals surface area contributed by atoms with E-state index in [0.717, 1.165) is 109 Å². The van der Waals surface area contributed by atoms with Crippen LogP contribution in [0.5, 0.6) is 0 Å². The van der Waals surface area contributed by atoms with Crippen molar-refractivity contribution in [1.82, 2.24) is 0 Å². The molecule has 0 aromatic heterocycles. The third-order valence-corrected chi connectivity index (χ3v) is 14.8. The number of allylic oxidation sites excluding steroid dienone is 16. The number of hydrogen-bond donors (Lipinski definition) is 0. The highest BCUT2D eigenvalue weighted by atomic mass is 16.6. The molecule has 6 heteroatoms. The average Bonchev–Trinajstić information content (AvgIpc) is 3.46. The van der Waals surface area contributed by atoms with Crippen molar-refractivity contribution in [2.24, 2.45) is 0 Å². The number of rotatable bonds is 62. The topological polar surface area (TPSA) is 78.9 Å². The minimum atomic E-state index is -0.793. The zero-order valence-electron chi connectivity index (χ0n) is 52.8. The highest BCUT2D eigenvalue weighted by Gasteiger charge is 2.19. The molecule has 1 unspecified atom stereocenters. The molecule has 0 amide bonds. The van der Waals surface area contributed by atoms with Gasteiger partial charge >= 0.3 is 17.9 Å². The lowest BCUT2D eigenvalue weighted by molar-refractivity contribution is -0.167. The molecule has 0 spiro atoms. The van der Waals surface area contributed by atoms with Gasteiger partial charge in [0.2, 0.25) is 0 Å². The van der Waals surface area contributed by atoms with Crippen LogP contribution in [0.2, 0.25) is 0 Å².